The van der Waals surface area contributed by atoms with Crippen LogP contribution in [0.5, 0.6) is 0 Å². The zero-order valence-corrected chi connectivity index (χ0v) is 11.9. The summed E-state index contributed by atoms with van der Waals surface area (Å²) >= 11 is 0. The van der Waals surface area contributed by atoms with Crippen LogP contribution in [-0.2, 0) is 0 Å². The van der Waals surface area contributed by atoms with Gasteiger partial charge in [0.1, 0.15) is 5.65 Å². The van der Waals surface area contributed by atoms with Gasteiger partial charge >= 0.3 is 0 Å². The topological polar surface area (TPSA) is 57.8 Å². The van der Waals surface area contributed by atoms with Gasteiger partial charge in [0.25, 0.3) is 5.91 Å². The molecule has 0 aromatic carbocycles. The SMILES string of the molecule is O=C(c1ccc2nccn2c1)N1[C@@H]2CCC[C@H]1CC(O)C2. The van der Waals surface area contributed by atoms with Crippen molar-refractivity contribution >= 4 is 11.6 Å². The monoisotopic (exact) mass is 285 g/mol. The molecule has 110 valence electrons. The number of nitrogens with zero attached hydrogens (tertiary/aromatic N) is 3. The summed E-state index contributed by atoms with van der Waals surface area (Å²) in [5.74, 6) is 0.0900. The predicted molar refractivity (Wildman–Crippen MR) is 78.0 cm³/mol. The Hall–Kier alpha value is -1.88. The van der Waals surface area contributed by atoms with Crippen LogP contribution in [-0.4, -0.2) is 43.5 Å². The van der Waals surface area contributed by atoms with Crippen LogP contribution in [0.2, 0.25) is 0 Å². The third-order valence-corrected chi connectivity index (χ3v) is 4.82. The van der Waals surface area contributed by atoms with E-state index in [1.165, 1.54) is 0 Å². The number of carbonyl (C=O) groups is 1. The molecule has 5 heteroatoms. The minimum atomic E-state index is -0.250. The van der Waals surface area contributed by atoms with E-state index in [1.807, 2.05) is 33.8 Å². The lowest BCUT2D eigenvalue weighted by Gasteiger charge is -2.47. The van der Waals surface area contributed by atoms with Crippen LogP contribution in [0.4, 0.5) is 0 Å². The first-order valence-corrected chi connectivity index (χ1v) is 7.66. The standard InChI is InChI=1S/C16H19N3O2/c20-14-8-12-2-1-3-13(9-14)19(12)16(21)11-4-5-15-17-6-7-18(15)10-11/h4-7,10,12-14,20H,1-3,8-9H2/t12-,13+,14?. The van der Waals surface area contributed by atoms with Crippen molar-refractivity contribution in [3.63, 3.8) is 0 Å². The van der Waals surface area contributed by atoms with Gasteiger partial charge in [-0.05, 0) is 44.2 Å². The Bertz CT molecular complexity index is 667. The van der Waals surface area contributed by atoms with E-state index in [2.05, 4.69) is 4.98 Å². The molecule has 0 spiro atoms. The predicted octanol–water partition coefficient (Wildman–Crippen LogP) is 1.85. The van der Waals surface area contributed by atoms with Crippen molar-refractivity contribution in [2.75, 3.05) is 0 Å². The Morgan fingerprint density at radius 1 is 1.24 bits per heavy atom. The van der Waals surface area contributed by atoms with Crippen molar-refractivity contribution in [3.05, 3.63) is 36.3 Å². The van der Waals surface area contributed by atoms with Crippen molar-refractivity contribution in [3.8, 4) is 0 Å². The number of aromatic nitrogens is 2. The van der Waals surface area contributed by atoms with Crippen molar-refractivity contribution in [1.82, 2.24) is 14.3 Å². The van der Waals surface area contributed by atoms with Crippen LogP contribution in [0.25, 0.3) is 5.65 Å². The molecule has 1 N–H and O–H groups in total. The quantitative estimate of drug-likeness (QED) is 0.870. The van der Waals surface area contributed by atoms with E-state index in [1.54, 1.807) is 6.20 Å². The van der Waals surface area contributed by atoms with Crippen LogP contribution in [0.3, 0.4) is 0 Å². The lowest BCUT2D eigenvalue weighted by atomic mass is 9.82. The van der Waals surface area contributed by atoms with Gasteiger partial charge in [-0.1, -0.05) is 0 Å². The van der Waals surface area contributed by atoms with Crippen LogP contribution in [0, 0.1) is 0 Å². The third kappa shape index (κ3) is 2.12. The van der Waals surface area contributed by atoms with E-state index in [0.717, 1.165) is 37.8 Å². The summed E-state index contributed by atoms with van der Waals surface area (Å²) in [6.45, 7) is 0. The molecule has 2 aliphatic rings. The number of amides is 1. The first-order valence-electron chi connectivity index (χ1n) is 7.66. The van der Waals surface area contributed by atoms with Crippen molar-refractivity contribution in [1.29, 1.82) is 0 Å². The van der Waals surface area contributed by atoms with Gasteiger partial charge < -0.3 is 14.4 Å². The van der Waals surface area contributed by atoms with Crippen molar-refractivity contribution < 1.29 is 9.90 Å². The highest BCUT2D eigenvalue weighted by Crippen LogP contribution is 2.35. The molecule has 2 aliphatic heterocycles. The van der Waals surface area contributed by atoms with E-state index < -0.39 is 0 Å². The zero-order chi connectivity index (χ0) is 14.4. The molecular formula is C16H19N3O2. The van der Waals surface area contributed by atoms with Gasteiger partial charge in [-0.2, -0.15) is 0 Å². The Morgan fingerprint density at radius 3 is 2.76 bits per heavy atom. The van der Waals surface area contributed by atoms with Gasteiger partial charge in [0, 0.05) is 30.7 Å². The molecule has 1 unspecified atom stereocenters. The van der Waals surface area contributed by atoms with Gasteiger partial charge in [-0.25, -0.2) is 4.98 Å². The molecule has 21 heavy (non-hydrogen) atoms. The summed E-state index contributed by atoms with van der Waals surface area (Å²) in [7, 11) is 0. The number of aliphatic hydroxyl groups excluding tert-OH is 1. The summed E-state index contributed by atoms with van der Waals surface area (Å²) in [5.41, 5.74) is 1.55. The van der Waals surface area contributed by atoms with Gasteiger partial charge in [-0.15, -0.1) is 0 Å². The lowest BCUT2D eigenvalue weighted by molar-refractivity contribution is -0.0151. The third-order valence-electron chi connectivity index (χ3n) is 4.82. The first kappa shape index (κ1) is 12.8. The molecule has 5 nitrogen and oxygen atoms in total. The van der Waals surface area contributed by atoms with Crippen LogP contribution in [0.1, 0.15) is 42.5 Å². The van der Waals surface area contributed by atoms with Gasteiger partial charge in [0.05, 0.1) is 11.7 Å². The number of aliphatic hydroxyl groups is 1. The molecule has 2 saturated heterocycles. The van der Waals surface area contributed by atoms with Gasteiger partial charge in [-0.3, -0.25) is 4.79 Å². The number of pyridine rings is 1. The molecular weight excluding hydrogens is 266 g/mol. The highest BCUT2D eigenvalue weighted by Gasteiger charge is 2.40. The van der Waals surface area contributed by atoms with E-state index in [-0.39, 0.29) is 24.1 Å². The molecule has 0 radical (unpaired) electrons. The second-order valence-corrected chi connectivity index (χ2v) is 6.19. The Labute approximate surface area is 123 Å². The zero-order valence-electron chi connectivity index (χ0n) is 11.9. The summed E-state index contributed by atoms with van der Waals surface area (Å²) in [5, 5.41) is 9.95. The van der Waals surface area contributed by atoms with Crippen LogP contribution in [0.15, 0.2) is 30.7 Å². The minimum absolute atomic E-state index is 0.0900. The highest BCUT2D eigenvalue weighted by molar-refractivity contribution is 5.94. The first-order chi connectivity index (χ1) is 10.2. The molecule has 0 aliphatic carbocycles. The lowest BCUT2D eigenvalue weighted by Crippen LogP contribution is -2.55. The molecule has 3 atom stereocenters. The smallest absolute Gasteiger partial charge is 0.255 e. The number of hydrogen-bond acceptors (Lipinski definition) is 3. The van der Waals surface area contributed by atoms with E-state index in [0.29, 0.717) is 5.56 Å². The Morgan fingerprint density at radius 2 is 2.00 bits per heavy atom. The van der Waals surface area contributed by atoms with E-state index >= 15 is 0 Å². The maximum absolute atomic E-state index is 12.9. The molecule has 0 saturated carbocycles. The van der Waals surface area contributed by atoms with Gasteiger partial charge in [0.15, 0.2) is 0 Å². The molecule has 1 amide bonds. The number of hydrogen-bond donors (Lipinski definition) is 1. The van der Waals surface area contributed by atoms with E-state index in [9.17, 15) is 9.90 Å². The van der Waals surface area contributed by atoms with Crippen molar-refractivity contribution in [2.45, 2.75) is 50.3 Å². The molecule has 2 aromatic rings. The fourth-order valence-corrected chi connectivity index (χ4v) is 3.88. The normalized spacial score (nSPS) is 28.8. The molecule has 2 aromatic heterocycles. The number of imidazole rings is 1. The maximum atomic E-state index is 12.9. The van der Waals surface area contributed by atoms with Crippen molar-refractivity contribution in [2.24, 2.45) is 0 Å². The Balaban J connectivity index is 1.66. The minimum Gasteiger partial charge on any atom is -0.393 e. The number of rotatable bonds is 1. The molecule has 4 rings (SSSR count). The average Bonchev–Trinajstić information content (AvgIpc) is 2.93. The number of carbonyl (C=O) groups excluding carboxylic acids is 1. The summed E-state index contributed by atoms with van der Waals surface area (Å²) in [6, 6.07) is 4.12. The fraction of sp³-hybridized carbons (Fsp3) is 0.500. The fourth-order valence-electron chi connectivity index (χ4n) is 3.88. The molecule has 4 heterocycles. The second kappa shape index (κ2) is 4.84. The average molecular weight is 285 g/mol. The molecule has 2 fully saturated rings. The summed E-state index contributed by atoms with van der Waals surface area (Å²) < 4.78 is 1.88. The van der Waals surface area contributed by atoms with Gasteiger partial charge in [0.2, 0.25) is 0 Å². The number of piperidine rings is 2. The largest absolute Gasteiger partial charge is 0.393 e. The second-order valence-electron chi connectivity index (χ2n) is 6.19. The van der Waals surface area contributed by atoms with E-state index in [4.69, 9.17) is 0 Å². The van der Waals surface area contributed by atoms with Crippen LogP contribution >= 0.6 is 0 Å². The Kier molecular flexibility index (Phi) is 2.96. The highest BCUT2D eigenvalue weighted by atomic mass is 16.3. The number of fused-ring (bicyclic) bond motifs is 3. The summed E-state index contributed by atoms with van der Waals surface area (Å²) in [4.78, 5) is 19.1. The maximum Gasteiger partial charge on any atom is 0.255 e. The van der Waals surface area contributed by atoms with Crippen LogP contribution < -0.4 is 0 Å². The summed E-state index contributed by atoms with van der Waals surface area (Å²) in [6.07, 6.45) is 9.80. The molecule has 2 bridgehead atoms.